The monoisotopic (exact) mass is 237 g/mol. The Morgan fingerprint density at radius 1 is 1.56 bits per heavy atom. The van der Waals surface area contributed by atoms with E-state index in [4.69, 9.17) is 22.7 Å². The number of nitrogens with zero attached hydrogens (tertiary/aromatic N) is 2. The van der Waals surface area contributed by atoms with E-state index >= 15 is 0 Å². The first-order valence-corrected chi connectivity index (χ1v) is 4.55. The second-order valence-corrected chi connectivity index (χ2v) is 3.10. The molecule has 0 aliphatic heterocycles. The number of nitrogens with two attached hydrogens (primary N) is 1. The molecule has 1 aromatic rings. The Hall–Kier alpha value is -2.10. The lowest BCUT2D eigenvalue weighted by atomic mass is 10.3. The molecule has 4 N–H and O–H groups in total. The highest BCUT2D eigenvalue weighted by Crippen LogP contribution is 2.14. The zero-order valence-corrected chi connectivity index (χ0v) is 8.82. The van der Waals surface area contributed by atoms with Crippen LogP contribution in [0.25, 0.3) is 0 Å². The van der Waals surface area contributed by atoms with Gasteiger partial charge in [-0.25, -0.2) is 5.84 Å². The minimum absolute atomic E-state index is 0.373. The SMILES string of the molecule is N#C/C(=N/Nc1cccc(Cl)c1)C(=O)NN. The number of anilines is 1. The molecule has 0 saturated carbocycles. The standard InChI is InChI=1S/C9H8ClN5O/c10-6-2-1-3-7(4-6)14-15-8(5-11)9(16)13-12/h1-4,14H,12H2,(H,13,16)/b15-8-. The maximum atomic E-state index is 11.0. The van der Waals surface area contributed by atoms with Crippen LogP contribution in [0.4, 0.5) is 5.69 Å². The first-order chi connectivity index (χ1) is 7.67. The van der Waals surface area contributed by atoms with E-state index in [2.05, 4.69) is 10.5 Å². The number of hydrogen-bond acceptors (Lipinski definition) is 5. The number of halogens is 1. The molecule has 0 unspecified atom stereocenters. The summed E-state index contributed by atoms with van der Waals surface area (Å²) in [7, 11) is 0. The summed E-state index contributed by atoms with van der Waals surface area (Å²) < 4.78 is 0. The summed E-state index contributed by atoms with van der Waals surface area (Å²) >= 11 is 5.73. The van der Waals surface area contributed by atoms with Gasteiger partial charge in [0.1, 0.15) is 6.07 Å². The van der Waals surface area contributed by atoms with E-state index in [1.54, 1.807) is 35.8 Å². The number of rotatable bonds is 3. The van der Waals surface area contributed by atoms with Crippen molar-refractivity contribution in [3.8, 4) is 6.07 Å². The highest BCUT2D eigenvalue weighted by molar-refractivity contribution is 6.45. The van der Waals surface area contributed by atoms with Crippen molar-refractivity contribution in [2.45, 2.75) is 0 Å². The molecule has 0 spiro atoms. The van der Waals surface area contributed by atoms with Gasteiger partial charge in [-0.1, -0.05) is 17.7 Å². The quantitative estimate of drug-likeness (QED) is 0.310. The normalized spacial score (nSPS) is 10.4. The van der Waals surface area contributed by atoms with Gasteiger partial charge >= 0.3 is 0 Å². The number of nitriles is 1. The van der Waals surface area contributed by atoms with E-state index in [1.165, 1.54) is 0 Å². The predicted molar refractivity (Wildman–Crippen MR) is 60.5 cm³/mol. The van der Waals surface area contributed by atoms with Crippen molar-refractivity contribution in [3.63, 3.8) is 0 Å². The Balaban J connectivity index is 2.79. The molecule has 0 aromatic heterocycles. The minimum Gasteiger partial charge on any atom is -0.288 e. The van der Waals surface area contributed by atoms with Crippen molar-refractivity contribution in [2.75, 3.05) is 5.43 Å². The largest absolute Gasteiger partial charge is 0.296 e. The molecule has 0 saturated heterocycles. The van der Waals surface area contributed by atoms with Crippen LogP contribution in [-0.4, -0.2) is 11.6 Å². The van der Waals surface area contributed by atoms with Gasteiger partial charge in [0.05, 0.1) is 5.69 Å². The molecule has 0 atom stereocenters. The van der Waals surface area contributed by atoms with Crippen molar-refractivity contribution >= 4 is 28.9 Å². The van der Waals surface area contributed by atoms with Gasteiger partial charge in [0.2, 0.25) is 5.71 Å². The smallest absolute Gasteiger partial charge is 0.288 e. The average Bonchev–Trinajstić information content (AvgIpc) is 2.29. The van der Waals surface area contributed by atoms with Crippen LogP contribution < -0.4 is 16.7 Å². The summed E-state index contributed by atoms with van der Waals surface area (Å²) in [6, 6.07) is 8.28. The maximum Gasteiger partial charge on any atom is 0.296 e. The van der Waals surface area contributed by atoms with Crippen molar-refractivity contribution in [2.24, 2.45) is 10.9 Å². The predicted octanol–water partition coefficient (Wildman–Crippen LogP) is 0.621. The van der Waals surface area contributed by atoms with Crippen molar-refractivity contribution in [1.82, 2.24) is 5.43 Å². The Bertz CT molecular complexity index is 465. The zero-order valence-electron chi connectivity index (χ0n) is 8.07. The van der Waals surface area contributed by atoms with Gasteiger partial charge in [-0.3, -0.25) is 15.6 Å². The third-order valence-corrected chi connectivity index (χ3v) is 1.81. The van der Waals surface area contributed by atoms with Crippen molar-refractivity contribution in [3.05, 3.63) is 29.3 Å². The number of hydrogen-bond donors (Lipinski definition) is 3. The van der Waals surface area contributed by atoms with Gasteiger partial charge in [-0.05, 0) is 18.2 Å². The highest BCUT2D eigenvalue weighted by atomic mass is 35.5. The van der Waals surface area contributed by atoms with Crippen LogP contribution >= 0.6 is 11.6 Å². The molecule has 6 nitrogen and oxygen atoms in total. The maximum absolute atomic E-state index is 11.0. The lowest BCUT2D eigenvalue weighted by Gasteiger charge is -2.01. The van der Waals surface area contributed by atoms with Crippen LogP contribution in [-0.2, 0) is 4.79 Å². The highest BCUT2D eigenvalue weighted by Gasteiger charge is 2.08. The van der Waals surface area contributed by atoms with Gasteiger partial charge in [0.15, 0.2) is 0 Å². The molecule has 0 bridgehead atoms. The van der Waals surface area contributed by atoms with E-state index in [-0.39, 0.29) is 5.71 Å². The number of hydrazine groups is 1. The van der Waals surface area contributed by atoms with Crippen LogP contribution in [0.2, 0.25) is 5.02 Å². The molecule has 0 aliphatic carbocycles. The van der Waals surface area contributed by atoms with Gasteiger partial charge < -0.3 is 0 Å². The second-order valence-electron chi connectivity index (χ2n) is 2.67. The average molecular weight is 238 g/mol. The number of amides is 1. The third kappa shape index (κ3) is 3.24. The molecular weight excluding hydrogens is 230 g/mol. The molecular formula is C9H8ClN5O. The fourth-order valence-electron chi connectivity index (χ4n) is 0.873. The number of carbonyl (C=O) groups is 1. The topological polar surface area (TPSA) is 103 Å². The minimum atomic E-state index is -0.767. The molecule has 1 aromatic carbocycles. The van der Waals surface area contributed by atoms with Gasteiger partial charge in [-0.2, -0.15) is 10.4 Å². The molecule has 1 amide bonds. The van der Waals surface area contributed by atoms with Crippen LogP contribution in [0.1, 0.15) is 0 Å². The van der Waals surface area contributed by atoms with E-state index in [0.29, 0.717) is 10.7 Å². The molecule has 0 fully saturated rings. The Kier molecular flexibility index (Phi) is 4.27. The van der Waals surface area contributed by atoms with Gasteiger partial charge in [0, 0.05) is 5.02 Å². The Morgan fingerprint density at radius 2 is 2.31 bits per heavy atom. The molecule has 82 valence electrons. The van der Waals surface area contributed by atoms with Gasteiger partial charge in [-0.15, -0.1) is 0 Å². The first kappa shape index (κ1) is 12.0. The van der Waals surface area contributed by atoms with Crippen LogP contribution in [0.15, 0.2) is 29.4 Å². The molecule has 16 heavy (non-hydrogen) atoms. The van der Waals surface area contributed by atoms with Crippen molar-refractivity contribution in [1.29, 1.82) is 5.26 Å². The number of benzene rings is 1. The summed E-state index contributed by atoms with van der Waals surface area (Å²) in [5.41, 5.74) is 4.51. The molecule has 7 heteroatoms. The van der Waals surface area contributed by atoms with E-state index in [0.717, 1.165) is 0 Å². The first-order valence-electron chi connectivity index (χ1n) is 4.17. The number of hydrazone groups is 1. The second kappa shape index (κ2) is 5.70. The third-order valence-electron chi connectivity index (χ3n) is 1.57. The summed E-state index contributed by atoms with van der Waals surface area (Å²) in [5.74, 6) is 4.09. The number of carbonyl (C=O) groups excluding carboxylic acids is 1. The summed E-state index contributed by atoms with van der Waals surface area (Å²) in [6.07, 6.45) is 0. The van der Waals surface area contributed by atoms with Crippen LogP contribution in [0, 0.1) is 11.3 Å². The van der Waals surface area contributed by atoms with Gasteiger partial charge in [0.25, 0.3) is 5.91 Å². The summed E-state index contributed by atoms with van der Waals surface area (Å²) in [6.45, 7) is 0. The molecule has 0 aliphatic rings. The summed E-state index contributed by atoms with van der Waals surface area (Å²) in [5, 5.41) is 12.7. The van der Waals surface area contributed by atoms with Crippen LogP contribution in [0.3, 0.4) is 0 Å². The van der Waals surface area contributed by atoms with E-state index < -0.39 is 5.91 Å². The zero-order chi connectivity index (χ0) is 12.0. The van der Waals surface area contributed by atoms with E-state index in [1.807, 2.05) is 0 Å². The molecule has 1 rings (SSSR count). The molecule has 0 heterocycles. The number of nitrogens with one attached hydrogen (secondary N) is 2. The Morgan fingerprint density at radius 3 is 2.88 bits per heavy atom. The molecule has 0 radical (unpaired) electrons. The lowest BCUT2D eigenvalue weighted by molar-refractivity contribution is -0.114. The summed E-state index contributed by atoms with van der Waals surface area (Å²) in [4.78, 5) is 11.0. The Labute approximate surface area is 96.7 Å². The van der Waals surface area contributed by atoms with Crippen molar-refractivity contribution < 1.29 is 4.79 Å². The lowest BCUT2D eigenvalue weighted by Crippen LogP contribution is -2.36. The van der Waals surface area contributed by atoms with E-state index in [9.17, 15) is 4.79 Å². The fraction of sp³-hybridized carbons (Fsp3) is 0. The fourth-order valence-corrected chi connectivity index (χ4v) is 1.06. The van der Waals surface area contributed by atoms with Crippen LogP contribution in [0.5, 0.6) is 0 Å².